The summed E-state index contributed by atoms with van der Waals surface area (Å²) in [7, 11) is 0. The zero-order valence-electron chi connectivity index (χ0n) is 13.6. The number of hydrogen-bond acceptors (Lipinski definition) is 6. The van der Waals surface area contributed by atoms with Gasteiger partial charge in [0.05, 0.1) is 5.41 Å². The topological polar surface area (TPSA) is 128 Å². The van der Waals surface area contributed by atoms with E-state index in [0.717, 1.165) is 0 Å². The Balaban J connectivity index is 2.68. The lowest BCUT2D eigenvalue weighted by Crippen LogP contribution is -2.48. The summed E-state index contributed by atoms with van der Waals surface area (Å²) in [6.45, 7) is 4.38. The van der Waals surface area contributed by atoms with E-state index in [1.165, 1.54) is 6.92 Å². The summed E-state index contributed by atoms with van der Waals surface area (Å²) >= 11 is 0. The second-order valence-electron chi connectivity index (χ2n) is 5.92. The fraction of sp³-hybridized carbons (Fsp3) is 0.733. The normalized spacial score (nSPS) is 17.8. The highest BCUT2D eigenvalue weighted by molar-refractivity contribution is 5.94. The minimum absolute atomic E-state index is 0.155. The summed E-state index contributed by atoms with van der Waals surface area (Å²) in [5.74, 6) is -2.47. The lowest BCUT2D eigenvalue weighted by Gasteiger charge is -2.34. The third-order valence-corrected chi connectivity index (χ3v) is 3.91. The molecular weight excluding hydrogens is 302 g/mol. The van der Waals surface area contributed by atoms with E-state index < -0.39 is 29.3 Å². The Morgan fingerprint density at radius 2 is 1.87 bits per heavy atom. The number of piperidine rings is 1. The van der Waals surface area contributed by atoms with Crippen molar-refractivity contribution in [2.75, 3.05) is 13.1 Å². The largest absolute Gasteiger partial charge is 0.391 e. The number of ether oxygens (including phenoxy) is 1. The number of carbonyl (C=O) groups excluding carboxylic acids is 4. The Hall–Kier alpha value is -1.96. The molecule has 23 heavy (non-hydrogen) atoms. The van der Waals surface area contributed by atoms with Gasteiger partial charge in [-0.2, -0.15) is 0 Å². The van der Waals surface area contributed by atoms with Crippen molar-refractivity contribution in [1.29, 1.82) is 0 Å². The van der Waals surface area contributed by atoms with E-state index in [-0.39, 0.29) is 12.3 Å². The first-order chi connectivity index (χ1) is 10.8. The predicted octanol–water partition coefficient (Wildman–Crippen LogP) is -0.394. The molecule has 1 aliphatic heterocycles. The molecule has 8 nitrogen and oxygen atoms in total. The number of primary amides is 1. The van der Waals surface area contributed by atoms with E-state index in [1.807, 2.05) is 6.92 Å². The van der Waals surface area contributed by atoms with E-state index in [2.05, 4.69) is 10.6 Å². The maximum atomic E-state index is 12.4. The Bertz CT molecular complexity index is 472. The number of nitrogens with two attached hydrogens (primary N) is 1. The first kappa shape index (κ1) is 19.1. The average Bonchev–Trinajstić information content (AvgIpc) is 2.47. The van der Waals surface area contributed by atoms with E-state index in [4.69, 9.17) is 10.5 Å². The highest BCUT2D eigenvalue weighted by atomic mass is 16.6. The minimum Gasteiger partial charge on any atom is -0.391 e. The molecule has 1 saturated heterocycles. The van der Waals surface area contributed by atoms with Gasteiger partial charge in [-0.3, -0.25) is 14.4 Å². The molecule has 2 amide bonds. The predicted molar refractivity (Wildman–Crippen MR) is 82.0 cm³/mol. The zero-order chi connectivity index (χ0) is 17.5. The third-order valence-electron chi connectivity index (χ3n) is 3.91. The van der Waals surface area contributed by atoms with E-state index in [1.54, 1.807) is 0 Å². The summed E-state index contributed by atoms with van der Waals surface area (Å²) in [6, 6.07) is -0.926. The number of esters is 2. The molecule has 1 heterocycles. The van der Waals surface area contributed by atoms with Gasteiger partial charge in [0.2, 0.25) is 11.8 Å². The molecule has 1 aliphatic rings. The van der Waals surface area contributed by atoms with Crippen LogP contribution in [0.2, 0.25) is 0 Å². The van der Waals surface area contributed by atoms with Crippen molar-refractivity contribution in [2.45, 2.75) is 52.0 Å². The van der Waals surface area contributed by atoms with Crippen LogP contribution in [0.3, 0.4) is 0 Å². The second kappa shape index (κ2) is 8.61. The van der Waals surface area contributed by atoms with Crippen LogP contribution in [0.1, 0.15) is 46.0 Å². The Kier molecular flexibility index (Phi) is 7.15. The van der Waals surface area contributed by atoms with Crippen molar-refractivity contribution < 1.29 is 23.9 Å². The molecule has 1 rings (SSSR count). The summed E-state index contributed by atoms with van der Waals surface area (Å²) < 4.78 is 4.91. The maximum absolute atomic E-state index is 12.4. The van der Waals surface area contributed by atoms with Crippen LogP contribution >= 0.6 is 0 Å². The van der Waals surface area contributed by atoms with Gasteiger partial charge in [-0.15, -0.1) is 0 Å². The third kappa shape index (κ3) is 5.63. The van der Waals surface area contributed by atoms with Crippen LogP contribution in [0.5, 0.6) is 0 Å². The molecule has 4 N–H and O–H groups in total. The van der Waals surface area contributed by atoms with Gasteiger partial charge < -0.3 is 21.1 Å². The quantitative estimate of drug-likeness (QED) is 0.431. The van der Waals surface area contributed by atoms with Crippen molar-refractivity contribution in [3.8, 4) is 0 Å². The molecule has 8 heteroatoms. The SMILES string of the molecule is CCCC(=O)N[C@@H](C)C(=O)OC(=O)C1(CC(N)=O)CCNCC1. The first-order valence-electron chi connectivity index (χ1n) is 7.85. The maximum Gasteiger partial charge on any atom is 0.335 e. The fourth-order valence-corrected chi connectivity index (χ4v) is 2.58. The van der Waals surface area contributed by atoms with Gasteiger partial charge >= 0.3 is 11.9 Å². The molecule has 1 atom stereocenters. The van der Waals surface area contributed by atoms with Gasteiger partial charge in [-0.05, 0) is 39.3 Å². The van der Waals surface area contributed by atoms with Gasteiger partial charge in [0.15, 0.2) is 0 Å². The molecule has 1 fully saturated rings. The molecule has 0 spiro atoms. The standard InChI is InChI=1S/C15H25N3O5/c1-3-4-12(20)18-10(2)13(21)23-14(22)15(9-11(16)19)5-7-17-8-6-15/h10,17H,3-9H2,1-2H3,(H2,16,19)(H,18,20)/t10-/m0/s1. The molecular formula is C15H25N3O5. The highest BCUT2D eigenvalue weighted by Gasteiger charge is 2.43. The molecule has 0 bridgehead atoms. The van der Waals surface area contributed by atoms with Gasteiger partial charge in [-0.1, -0.05) is 6.92 Å². The molecule has 130 valence electrons. The molecule has 0 unspecified atom stereocenters. The van der Waals surface area contributed by atoms with E-state index in [9.17, 15) is 19.2 Å². The molecule has 0 radical (unpaired) electrons. The Labute approximate surface area is 135 Å². The number of rotatable bonds is 7. The summed E-state index contributed by atoms with van der Waals surface area (Å²) in [6.07, 6.45) is 1.54. The minimum atomic E-state index is -1.07. The fourth-order valence-electron chi connectivity index (χ4n) is 2.58. The van der Waals surface area contributed by atoms with Gasteiger partial charge in [-0.25, -0.2) is 4.79 Å². The van der Waals surface area contributed by atoms with Crippen LogP contribution in [-0.4, -0.2) is 42.9 Å². The van der Waals surface area contributed by atoms with Crippen LogP contribution in [0, 0.1) is 5.41 Å². The zero-order valence-corrected chi connectivity index (χ0v) is 13.6. The second-order valence-corrected chi connectivity index (χ2v) is 5.92. The Morgan fingerprint density at radius 3 is 2.39 bits per heavy atom. The van der Waals surface area contributed by atoms with Crippen molar-refractivity contribution in [3.63, 3.8) is 0 Å². The number of hydrogen-bond donors (Lipinski definition) is 3. The molecule has 0 aromatic heterocycles. The van der Waals surface area contributed by atoms with Crippen molar-refractivity contribution >= 4 is 23.8 Å². The van der Waals surface area contributed by atoms with Crippen LogP contribution in [-0.2, 0) is 23.9 Å². The van der Waals surface area contributed by atoms with Crippen molar-refractivity contribution in [3.05, 3.63) is 0 Å². The van der Waals surface area contributed by atoms with Crippen LogP contribution in [0.4, 0.5) is 0 Å². The molecule has 0 aromatic carbocycles. The van der Waals surface area contributed by atoms with Gasteiger partial charge in [0.25, 0.3) is 0 Å². The summed E-state index contributed by atoms with van der Waals surface area (Å²) in [5.41, 5.74) is 4.16. The lowest BCUT2D eigenvalue weighted by molar-refractivity contribution is -0.171. The summed E-state index contributed by atoms with van der Waals surface area (Å²) in [4.78, 5) is 47.1. The average molecular weight is 327 g/mol. The van der Waals surface area contributed by atoms with E-state index in [0.29, 0.717) is 38.8 Å². The van der Waals surface area contributed by atoms with Crippen molar-refractivity contribution in [2.24, 2.45) is 11.1 Å². The van der Waals surface area contributed by atoms with Crippen molar-refractivity contribution in [1.82, 2.24) is 10.6 Å². The molecule has 0 aliphatic carbocycles. The number of carbonyl (C=O) groups is 4. The number of nitrogens with one attached hydrogen (secondary N) is 2. The van der Waals surface area contributed by atoms with Crippen LogP contribution in [0.15, 0.2) is 0 Å². The van der Waals surface area contributed by atoms with Gasteiger partial charge in [0, 0.05) is 12.8 Å². The lowest BCUT2D eigenvalue weighted by atomic mass is 9.76. The smallest absolute Gasteiger partial charge is 0.335 e. The van der Waals surface area contributed by atoms with E-state index >= 15 is 0 Å². The Morgan fingerprint density at radius 1 is 1.26 bits per heavy atom. The highest BCUT2D eigenvalue weighted by Crippen LogP contribution is 2.34. The monoisotopic (exact) mass is 327 g/mol. The van der Waals surface area contributed by atoms with Gasteiger partial charge in [0.1, 0.15) is 6.04 Å². The van der Waals surface area contributed by atoms with Crippen LogP contribution in [0.25, 0.3) is 0 Å². The van der Waals surface area contributed by atoms with Crippen LogP contribution < -0.4 is 16.4 Å². The molecule has 0 aromatic rings. The summed E-state index contributed by atoms with van der Waals surface area (Å²) in [5, 5.41) is 5.55. The first-order valence-corrected chi connectivity index (χ1v) is 7.85. The molecule has 0 saturated carbocycles. The number of amides is 2.